The Morgan fingerprint density at radius 1 is 1.10 bits per heavy atom. The van der Waals surface area contributed by atoms with Crippen LogP contribution in [0.15, 0.2) is 54.9 Å². The van der Waals surface area contributed by atoms with Gasteiger partial charge in [0.2, 0.25) is 0 Å². The van der Waals surface area contributed by atoms with E-state index < -0.39 is 0 Å². The number of aromatic nitrogens is 3. The number of hydrogen-bond donors (Lipinski definition) is 3. The van der Waals surface area contributed by atoms with Gasteiger partial charge in [-0.1, -0.05) is 30.3 Å². The predicted molar refractivity (Wildman–Crippen MR) is 114 cm³/mol. The molecule has 0 spiro atoms. The van der Waals surface area contributed by atoms with Crippen LogP contribution in [0.3, 0.4) is 0 Å². The van der Waals surface area contributed by atoms with Crippen LogP contribution in [0.5, 0.6) is 5.75 Å². The van der Waals surface area contributed by atoms with Crippen LogP contribution < -0.4 is 15.8 Å². The Hall–Kier alpha value is -3.61. The second-order valence-electron chi connectivity index (χ2n) is 6.84. The standard InChI is InChI=1S/C22H23N5O2/c23-22-21-20(25-14-26-21)19-15(8-6-11-17(19)27-22)7-4-5-12-24-18(28)13-29-16-9-2-1-3-10-16/h1-3,6,8-11,14H,4-5,7,12-13H2,(H2,23,27)(H,24,28)(H,25,26). The Kier molecular flexibility index (Phi) is 5.56. The summed E-state index contributed by atoms with van der Waals surface area (Å²) in [4.78, 5) is 23.9. The molecular formula is C22H23N5O2. The molecule has 1 amide bonds. The SMILES string of the molecule is Nc1nc2cccc(CCCCNC(=O)COc3ccccc3)c2c2nc[nH]c12. The van der Waals surface area contributed by atoms with E-state index in [2.05, 4.69) is 26.3 Å². The Labute approximate surface area is 168 Å². The van der Waals surface area contributed by atoms with Crippen molar-refractivity contribution in [1.82, 2.24) is 20.3 Å². The van der Waals surface area contributed by atoms with Gasteiger partial charge in [-0.2, -0.15) is 0 Å². The first kappa shape index (κ1) is 18.7. The third-order valence-electron chi connectivity index (χ3n) is 4.81. The first-order chi connectivity index (χ1) is 14.2. The minimum absolute atomic E-state index is 0.0254. The monoisotopic (exact) mass is 389 g/mol. The van der Waals surface area contributed by atoms with Gasteiger partial charge < -0.3 is 20.8 Å². The molecule has 0 fully saturated rings. The maximum Gasteiger partial charge on any atom is 0.257 e. The van der Waals surface area contributed by atoms with E-state index in [1.54, 1.807) is 6.33 Å². The number of imidazole rings is 1. The van der Waals surface area contributed by atoms with Gasteiger partial charge in [0.15, 0.2) is 6.61 Å². The fraction of sp³-hybridized carbons (Fsp3) is 0.227. The third kappa shape index (κ3) is 4.29. The maximum absolute atomic E-state index is 11.9. The van der Waals surface area contributed by atoms with E-state index in [1.807, 2.05) is 42.5 Å². The lowest BCUT2D eigenvalue weighted by molar-refractivity contribution is -0.123. The molecular weight excluding hydrogens is 366 g/mol. The number of unbranched alkanes of at least 4 members (excludes halogenated alkanes) is 1. The summed E-state index contributed by atoms with van der Waals surface area (Å²) in [7, 11) is 0. The number of fused-ring (bicyclic) bond motifs is 3. The third-order valence-corrected chi connectivity index (χ3v) is 4.81. The highest BCUT2D eigenvalue weighted by Crippen LogP contribution is 2.28. The predicted octanol–water partition coefficient (Wildman–Crippen LogP) is 3.21. The molecule has 7 nitrogen and oxygen atoms in total. The zero-order chi connectivity index (χ0) is 20.1. The van der Waals surface area contributed by atoms with Crippen molar-refractivity contribution in [2.45, 2.75) is 19.3 Å². The van der Waals surface area contributed by atoms with Crippen molar-refractivity contribution < 1.29 is 9.53 Å². The summed E-state index contributed by atoms with van der Waals surface area (Å²) in [6.45, 7) is 0.641. The topological polar surface area (TPSA) is 106 Å². The minimum atomic E-state index is -0.114. The number of nitrogens with two attached hydrogens (primary N) is 1. The van der Waals surface area contributed by atoms with E-state index in [4.69, 9.17) is 10.5 Å². The molecule has 148 valence electrons. The molecule has 0 radical (unpaired) electrons. The van der Waals surface area contributed by atoms with Crippen LogP contribution in [0, 0.1) is 0 Å². The molecule has 4 rings (SSSR count). The number of carbonyl (C=O) groups excluding carboxylic acids is 1. The lowest BCUT2D eigenvalue weighted by Gasteiger charge is -2.09. The van der Waals surface area contributed by atoms with Crippen LogP contribution in [-0.2, 0) is 11.2 Å². The fourth-order valence-corrected chi connectivity index (χ4v) is 3.41. The Bertz CT molecular complexity index is 1120. The lowest BCUT2D eigenvalue weighted by atomic mass is 10.0. The summed E-state index contributed by atoms with van der Waals surface area (Å²) >= 11 is 0. The number of benzene rings is 2. The molecule has 2 aromatic carbocycles. The van der Waals surface area contributed by atoms with Gasteiger partial charge in [0.1, 0.15) is 22.6 Å². The average Bonchev–Trinajstić information content (AvgIpc) is 3.23. The number of nitrogens with zero attached hydrogens (tertiary/aromatic N) is 2. The van der Waals surface area contributed by atoms with Gasteiger partial charge >= 0.3 is 0 Å². The number of amides is 1. The van der Waals surface area contributed by atoms with Crippen LogP contribution in [0.1, 0.15) is 18.4 Å². The number of ether oxygens (including phenoxy) is 1. The molecule has 0 aliphatic heterocycles. The van der Waals surface area contributed by atoms with E-state index in [0.29, 0.717) is 18.1 Å². The van der Waals surface area contributed by atoms with E-state index in [0.717, 1.165) is 41.2 Å². The molecule has 0 atom stereocenters. The molecule has 0 unspecified atom stereocenters. The second-order valence-corrected chi connectivity index (χ2v) is 6.84. The van der Waals surface area contributed by atoms with Gasteiger partial charge in [-0.05, 0) is 43.0 Å². The minimum Gasteiger partial charge on any atom is -0.484 e. The number of anilines is 1. The molecule has 4 N–H and O–H groups in total. The number of aryl methyl sites for hydroxylation is 1. The van der Waals surface area contributed by atoms with Crippen molar-refractivity contribution in [3.8, 4) is 5.75 Å². The van der Waals surface area contributed by atoms with E-state index in [9.17, 15) is 4.79 Å². The lowest BCUT2D eigenvalue weighted by Crippen LogP contribution is -2.29. The van der Waals surface area contributed by atoms with Gasteiger partial charge in [0.05, 0.1) is 11.8 Å². The van der Waals surface area contributed by atoms with Crippen molar-refractivity contribution in [2.75, 3.05) is 18.9 Å². The summed E-state index contributed by atoms with van der Waals surface area (Å²) < 4.78 is 5.45. The quantitative estimate of drug-likeness (QED) is 0.401. The van der Waals surface area contributed by atoms with Crippen molar-refractivity contribution in [3.05, 3.63) is 60.4 Å². The molecule has 4 aromatic rings. The number of pyridine rings is 1. The van der Waals surface area contributed by atoms with Crippen molar-refractivity contribution in [1.29, 1.82) is 0 Å². The number of hydrogen-bond acceptors (Lipinski definition) is 5. The van der Waals surface area contributed by atoms with Crippen LogP contribution in [0.4, 0.5) is 5.82 Å². The Morgan fingerprint density at radius 3 is 2.83 bits per heavy atom. The number of carbonyl (C=O) groups is 1. The van der Waals surface area contributed by atoms with Gasteiger partial charge in [0.25, 0.3) is 5.91 Å². The summed E-state index contributed by atoms with van der Waals surface area (Å²) in [5.41, 5.74) is 9.68. The maximum atomic E-state index is 11.9. The molecule has 2 heterocycles. The highest BCUT2D eigenvalue weighted by atomic mass is 16.5. The first-order valence-electron chi connectivity index (χ1n) is 9.67. The van der Waals surface area contributed by atoms with Gasteiger partial charge in [0, 0.05) is 11.9 Å². The van der Waals surface area contributed by atoms with Gasteiger partial charge in [-0.15, -0.1) is 0 Å². The van der Waals surface area contributed by atoms with Crippen LogP contribution in [0.2, 0.25) is 0 Å². The van der Waals surface area contributed by atoms with Crippen LogP contribution >= 0.6 is 0 Å². The normalized spacial score (nSPS) is 11.0. The van der Waals surface area contributed by atoms with Crippen molar-refractivity contribution in [2.24, 2.45) is 0 Å². The largest absolute Gasteiger partial charge is 0.484 e. The number of nitrogen functional groups attached to an aromatic ring is 1. The summed E-state index contributed by atoms with van der Waals surface area (Å²) in [5.74, 6) is 1.04. The highest BCUT2D eigenvalue weighted by Gasteiger charge is 2.12. The Morgan fingerprint density at radius 2 is 1.97 bits per heavy atom. The molecule has 0 aliphatic carbocycles. The molecule has 29 heavy (non-hydrogen) atoms. The number of H-pyrrole nitrogens is 1. The fourth-order valence-electron chi connectivity index (χ4n) is 3.41. The second kappa shape index (κ2) is 8.60. The highest BCUT2D eigenvalue weighted by molar-refractivity contribution is 6.07. The van der Waals surface area contributed by atoms with E-state index >= 15 is 0 Å². The average molecular weight is 389 g/mol. The molecule has 7 heteroatoms. The smallest absolute Gasteiger partial charge is 0.257 e. The summed E-state index contributed by atoms with van der Waals surface area (Å²) in [6, 6.07) is 15.4. The zero-order valence-corrected chi connectivity index (χ0v) is 16.0. The van der Waals surface area contributed by atoms with E-state index in [-0.39, 0.29) is 12.5 Å². The summed E-state index contributed by atoms with van der Waals surface area (Å²) in [6.07, 6.45) is 4.34. The van der Waals surface area contributed by atoms with Crippen LogP contribution in [0.25, 0.3) is 21.9 Å². The summed E-state index contributed by atoms with van der Waals surface area (Å²) in [5, 5.41) is 3.94. The van der Waals surface area contributed by atoms with Gasteiger partial charge in [-0.25, -0.2) is 9.97 Å². The number of para-hydroxylation sites is 1. The molecule has 0 saturated heterocycles. The Balaban J connectivity index is 1.29. The van der Waals surface area contributed by atoms with Gasteiger partial charge in [-0.3, -0.25) is 4.79 Å². The number of nitrogens with one attached hydrogen (secondary N) is 2. The van der Waals surface area contributed by atoms with Crippen molar-refractivity contribution >= 4 is 33.7 Å². The number of aromatic amines is 1. The number of rotatable bonds is 8. The molecule has 0 saturated carbocycles. The molecule has 2 aromatic heterocycles. The van der Waals surface area contributed by atoms with Crippen LogP contribution in [-0.4, -0.2) is 34.0 Å². The first-order valence-corrected chi connectivity index (χ1v) is 9.67. The van der Waals surface area contributed by atoms with Crippen molar-refractivity contribution in [3.63, 3.8) is 0 Å². The molecule has 0 aliphatic rings. The zero-order valence-electron chi connectivity index (χ0n) is 16.0. The van der Waals surface area contributed by atoms with E-state index in [1.165, 1.54) is 5.56 Å². The molecule has 0 bridgehead atoms.